The van der Waals surface area contributed by atoms with Crippen LogP contribution in [0.2, 0.25) is 5.02 Å². The predicted molar refractivity (Wildman–Crippen MR) is 97.8 cm³/mol. The summed E-state index contributed by atoms with van der Waals surface area (Å²) < 4.78 is 4.87. The molecule has 0 fully saturated rings. The number of amides is 1. The molecule has 2 rings (SSSR count). The Balaban J connectivity index is 1.95. The molecule has 0 spiro atoms. The highest BCUT2D eigenvalue weighted by Crippen LogP contribution is 2.23. The number of nitro groups is 1. The molecular formula is C17H16ClN3O5. The Morgan fingerprint density at radius 2 is 1.85 bits per heavy atom. The van der Waals surface area contributed by atoms with Crippen LogP contribution in [0, 0.1) is 10.1 Å². The fourth-order valence-electron chi connectivity index (χ4n) is 2.03. The van der Waals surface area contributed by atoms with Crippen LogP contribution in [0.15, 0.2) is 42.5 Å². The van der Waals surface area contributed by atoms with Crippen molar-refractivity contribution < 1.29 is 19.2 Å². The molecule has 0 saturated carbocycles. The molecule has 9 heteroatoms. The van der Waals surface area contributed by atoms with E-state index in [0.29, 0.717) is 5.69 Å². The molecule has 0 heterocycles. The van der Waals surface area contributed by atoms with Gasteiger partial charge in [0.2, 0.25) is 0 Å². The number of ether oxygens (including phenoxy) is 1. The van der Waals surface area contributed by atoms with E-state index in [0.717, 1.165) is 11.8 Å². The van der Waals surface area contributed by atoms with Crippen LogP contribution in [-0.2, 0) is 9.53 Å². The van der Waals surface area contributed by atoms with E-state index in [-0.39, 0.29) is 16.3 Å². The smallest absolute Gasteiger partial charge is 0.340 e. The molecule has 0 aliphatic heterocycles. The Labute approximate surface area is 154 Å². The second-order valence-electron chi connectivity index (χ2n) is 5.49. The standard InChI is InChI=1S/C17H16ClN3O5/c1-20(2)12-5-3-11(4-6-12)19-16(22)10-26-17(23)14-9-13(21(24)25)7-8-15(14)18/h3-9H,10H2,1-2H3,(H,19,22). The average molecular weight is 378 g/mol. The lowest BCUT2D eigenvalue weighted by atomic mass is 10.2. The molecule has 0 aliphatic carbocycles. The quantitative estimate of drug-likeness (QED) is 0.471. The van der Waals surface area contributed by atoms with E-state index < -0.39 is 23.4 Å². The van der Waals surface area contributed by atoms with Gasteiger partial charge in [0.25, 0.3) is 11.6 Å². The number of rotatable bonds is 6. The minimum absolute atomic E-state index is 0.000261. The van der Waals surface area contributed by atoms with Gasteiger partial charge in [0.1, 0.15) is 0 Å². The number of halogens is 1. The molecular weight excluding hydrogens is 362 g/mol. The minimum atomic E-state index is -0.920. The molecule has 26 heavy (non-hydrogen) atoms. The Morgan fingerprint density at radius 3 is 2.42 bits per heavy atom. The summed E-state index contributed by atoms with van der Waals surface area (Å²) in [5, 5.41) is 13.3. The van der Waals surface area contributed by atoms with Gasteiger partial charge in [0.15, 0.2) is 6.61 Å². The number of anilines is 2. The highest BCUT2D eigenvalue weighted by Gasteiger charge is 2.18. The van der Waals surface area contributed by atoms with Gasteiger partial charge in [-0.15, -0.1) is 0 Å². The van der Waals surface area contributed by atoms with Crippen LogP contribution in [0.3, 0.4) is 0 Å². The lowest BCUT2D eigenvalue weighted by molar-refractivity contribution is -0.384. The third-order valence-electron chi connectivity index (χ3n) is 3.38. The number of carbonyl (C=O) groups excluding carboxylic acids is 2. The van der Waals surface area contributed by atoms with E-state index in [1.54, 1.807) is 12.1 Å². The fraction of sp³-hybridized carbons (Fsp3) is 0.176. The van der Waals surface area contributed by atoms with Crippen LogP contribution in [-0.4, -0.2) is 37.5 Å². The normalized spacial score (nSPS) is 10.1. The van der Waals surface area contributed by atoms with Crippen molar-refractivity contribution in [3.63, 3.8) is 0 Å². The number of nitro benzene ring substituents is 1. The first-order chi connectivity index (χ1) is 12.3. The highest BCUT2D eigenvalue weighted by molar-refractivity contribution is 6.33. The van der Waals surface area contributed by atoms with Crippen molar-refractivity contribution >= 4 is 40.5 Å². The zero-order chi connectivity index (χ0) is 19.3. The predicted octanol–water partition coefficient (Wildman–Crippen LogP) is 3.11. The van der Waals surface area contributed by atoms with E-state index in [9.17, 15) is 19.7 Å². The molecule has 1 amide bonds. The summed E-state index contributed by atoms with van der Waals surface area (Å²) in [7, 11) is 3.79. The molecule has 0 bridgehead atoms. The number of nitrogens with zero attached hydrogens (tertiary/aromatic N) is 2. The van der Waals surface area contributed by atoms with Crippen LogP contribution >= 0.6 is 11.6 Å². The monoisotopic (exact) mass is 377 g/mol. The maximum absolute atomic E-state index is 12.0. The van der Waals surface area contributed by atoms with Crippen LogP contribution in [0.4, 0.5) is 17.1 Å². The summed E-state index contributed by atoms with van der Waals surface area (Å²) in [5.74, 6) is -1.46. The molecule has 0 saturated heterocycles. The number of carbonyl (C=O) groups is 2. The van der Waals surface area contributed by atoms with E-state index in [4.69, 9.17) is 16.3 Å². The molecule has 0 atom stereocenters. The van der Waals surface area contributed by atoms with Crippen molar-refractivity contribution in [1.29, 1.82) is 0 Å². The molecule has 136 valence electrons. The topological polar surface area (TPSA) is 102 Å². The van der Waals surface area contributed by atoms with Crippen LogP contribution < -0.4 is 10.2 Å². The largest absolute Gasteiger partial charge is 0.452 e. The van der Waals surface area contributed by atoms with Crippen LogP contribution in [0.1, 0.15) is 10.4 Å². The second kappa shape index (κ2) is 8.30. The number of esters is 1. The second-order valence-corrected chi connectivity index (χ2v) is 5.89. The lowest BCUT2D eigenvalue weighted by Crippen LogP contribution is -2.21. The molecule has 2 aromatic carbocycles. The molecule has 0 unspecified atom stereocenters. The van der Waals surface area contributed by atoms with Crippen molar-refractivity contribution in [2.45, 2.75) is 0 Å². The van der Waals surface area contributed by atoms with Gasteiger partial charge in [0.05, 0.1) is 15.5 Å². The number of non-ortho nitro benzene ring substituents is 1. The first-order valence-electron chi connectivity index (χ1n) is 7.46. The Kier molecular flexibility index (Phi) is 6.13. The summed E-state index contributed by atoms with van der Waals surface area (Å²) in [6, 6.07) is 10.5. The van der Waals surface area contributed by atoms with Gasteiger partial charge < -0.3 is 15.0 Å². The molecule has 1 N–H and O–H groups in total. The van der Waals surface area contributed by atoms with Gasteiger partial charge in [0, 0.05) is 37.6 Å². The van der Waals surface area contributed by atoms with Crippen molar-refractivity contribution in [3.8, 4) is 0 Å². The van der Waals surface area contributed by atoms with Crippen molar-refractivity contribution in [2.24, 2.45) is 0 Å². The van der Waals surface area contributed by atoms with E-state index in [1.165, 1.54) is 12.1 Å². The maximum Gasteiger partial charge on any atom is 0.340 e. The third kappa shape index (κ3) is 4.93. The van der Waals surface area contributed by atoms with Crippen molar-refractivity contribution in [3.05, 3.63) is 63.2 Å². The highest BCUT2D eigenvalue weighted by atomic mass is 35.5. The molecule has 0 aromatic heterocycles. The summed E-state index contributed by atoms with van der Waals surface area (Å²) in [5.41, 5.74) is 1.04. The molecule has 0 radical (unpaired) electrons. The minimum Gasteiger partial charge on any atom is -0.452 e. The first-order valence-corrected chi connectivity index (χ1v) is 7.84. The summed E-state index contributed by atoms with van der Waals surface area (Å²) in [6.45, 7) is -0.548. The summed E-state index contributed by atoms with van der Waals surface area (Å²) in [4.78, 5) is 35.9. The number of nitrogens with one attached hydrogen (secondary N) is 1. The Bertz CT molecular complexity index is 837. The maximum atomic E-state index is 12.0. The van der Waals surface area contributed by atoms with Crippen molar-refractivity contribution in [1.82, 2.24) is 0 Å². The Hall–Kier alpha value is -3.13. The van der Waals surface area contributed by atoms with Gasteiger partial charge in [-0.2, -0.15) is 0 Å². The SMILES string of the molecule is CN(C)c1ccc(NC(=O)COC(=O)c2cc([N+](=O)[O-])ccc2Cl)cc1. The summed E-state index contributed by atoms with van der Waals surface area (Å²) >= 11 is 5.85. The van der Waals surface area contributed by atoms with Gasteiger partial charge >= 0.3 is 5.97 Å². The number of hydrogen-bond donors (Lipinski definition) is 1. The number of hydrogen-bond acceptors (Lipinski definition) is 6. The zero-order valence-corrected chi connectivity index (χ0v) is 14.8. The van der Waals surface area contributed by atoms with Crippen molar-refractivity contribution in [2.75, 3.05) is 30.9 Å². The summed E-state index contributed by atoms with van der Waals surface area (Å²) in [6.07, 6.45) is 0. The van der Waals surface area contributed by atoms with Gasteiger partial charge in [-0.3, -0.25) is 14.9 Å². The van der Waals surface area contributed by atoms with Crippen LogP contribution in [0.5, 0.6) is 0 Å². The van der Waals surface area contributed by atoms with E-state index >= 15 is 0 Å². The number of benzene rings is 2. The van der Waals surface area contributed by atoms with Gasteiger partial charge in [-0.1, -0.05) is 11.6 Å². The molecule has 0 aliphatic rings. The van der Waals surface area contributed by atoms with Gasteiger partial charge in [-0.25, -0.2) is 4.79 Å². The third-order valence-corrected chi connectivity index (χ3v) is 3.71. The first kappa shape index (κ1) is 19.2. The lowest BCUT2D eigenvalue weighted by Gasteiger charge is -2.13. The zero-order valence-electron chi connectivity index (χ0n) is 14.1. The van der Waals surface area contributed by atoms with E-state index in [1.807, 2.05) is 31.1 Å². The average Bonchev–Trinajstić information content (AvgIpc) is 2.60. The molecule has 8 nitrogen and oxygen atoms in total. The molecule has 2 aromatic rings. The Morgan fingerprint density at radius 1 is 1.19 bits per heavy atom. The van der Waals surface area contributed by atoms with E-state index in [2.05, 4.69) is 5.32 Å². The fourth-order valence-corrected chi connectivity index (χ4v) is 2.23. The van der Waals surface area contributed by atoms with Gasteiger partial charge in [-0.05, 0) is 30.3 Å². The van der Waals surface area contributed by atoms with Crippen LogP contribution in [0.25, 0.3) is 0 Å².